The topological polar surface area (TPSA) is 112 Å². The van der Waals surface area contributed by atoms with E-state index in [0.29, 0.717) is 63.2 Å². The summed E-state index contributed by atoms with van der Waals surface area (Å²) in [5.41, 5.74) is 0. The lowest BCUT2D eigenvalue weighted by atomic mass is 10.3. The fourth-order valence-corrected chi connectivity index (χ4v) is 5.88. The number of thiophene rings is 1. The summed E-state index contributed by atoms with van der Waals surface area (Å²) in [5, 5.41) is 2.69. The van der Waals surface area contributed by atoms with E-state index in [4.69, 9.17) is 4.74 Å². The number of amides is 2. The molecule has 2 saturated heterocycles. The average molecular weight is 494 g/mol. The van der Waals surface area contributed by atoms with Gasteiger partial charge >= 0.3 is 0 Å². The number of rotatable bonds is 6. The van der Waals surface area contributed by atoms with Crippen LogP contribution in [-0.2, 0) is 19.6 Å². The first-order valence-corrected chi connectivity index (χ1v) is 13.0. The van der Waals surface area contributed by atoms with Gasteiger partial charge in [-0.3, -0.25) is 9.59 Å². The molecule has 0 spiro atoms. The highest BCUT2D eigenvalue weighted by molar-refractivity contribution is 7.89. The van der Waals surface area contributed by atoms with Crippen LogP contribution in [0.15, 0.2) is 35.4 Å². The van der Waals surface area contributed by atoms with E-state index in [2.05, 4.69) is 10.3 Å². The zero-order chi connectivity index (χ0) is 23.4. The molecule has 2 amide bonds. The second-order valence-corrected chi connectivity index (χ2v) is 11.1. The van der Waals surface area contributed by atoms with E-state index in [-0.39, 0.29) is 23.3 Å². The quantitative estimate of drug-likeness (QED) is 0.625. The van der Waals surface area contributed by atoms with Gasteiger partial charge in [-0.15, -0.1) is 11.3 Å². The van der Waals surface area contributed by atoms with Crippen LogP contribution in [0.25, 0.3) is 0 Å². The molecule has 0 unspecified atom stereocenters. The molecule has 1 N–H and O–H groups in total. The number of sulfonamides is 1. The Labute approximate surface area is 197 Å². The first-order chi connectivity index (χ1) is 15.8. The van der Waals surface area contributed by atoms with Crippen molar-refractivity contribution in [2.75, 3.05) is 63.9 Å². The molecule has 0 saturated carbocycles. The van der Waals surface area contributed by atoms with Gasteiger partial charge in [0.25, 0.3) is 5.91 Å². The van der Waals surface area contributed by atoms with Gasteiger partial charge in [0.05, 0.1) is 24.6 Å². The largest absolute Gasteiger partial charge is 0.379 e. The SMILES string of the molecule is Cc1ccc(C(=O)NCC(=O)N2CCN(c3ccc(S(=O)(=O)N4CCOCC4)cn3)CC2)s1. The lowest BCUT2D eigenvalue weighted by Gasteiger charge is -2.35. The van der Waals surface area contributed by atoms with Gasteiger partial charge in [-0.25, -0.2) is 13.4 Å². The van der Waals surface area contributed by atoms with Crippen LogP contribution in [0.2, 0.25) is 0 Å². The standard InChI is InChI=1S/C21H27N5O5S2/c1-16-2-4-18(32-16)21(28)23-15-20(27)25-8-6-24(7-9-25)19-5-3-17(14-22-19)33(29,30)26-10-12-31-13-11-26/h2-5,14H,6-13,15H2,1H3,(H,23,28). The van der Waals surface area contributed by atoms with E-state index in [9.17, 15) is 18.0 Å². The number of carbonyl (C=O) groups is 2. The van der Waals surface area contributed by atoms with Crippen molar-refractivity contribution in [2.24, 2.45) is 0 Å². The number of aryl methyl sites for hydroxylation is 1. The van der Waals surface area contributed by atoms with Crippen molar-refractivity contribution < 1.29 is 22.7 Å². The predicted octanol–water partition coefficient (Wildman–Crippen LogP) is 0.551. The van der Waals surface area contributed by atoms with E-state index in [1.165, 1.54) is 21.8 Å². The molecule has 0 atom stereocenters. The third kappa shape index (κ3) is 5.52. The molecule has 178 valence electrons. The maximum Gasteiger partial charge on any atom is 0.261 e. The minimum Gasteiger partial charge on any atom is -0.379 e. The third-order valence-electron chi connectivity index (χ3n) is 5.65. The number of carbonyl (C=O) groups excluding carboxylic acids is 2. The van der Waals surface area contributed by atoms with Crippen LogP contribution >= 0.6 is 11.3 Å². The average Bonchev–Trinajstić information content (AvgIpc) is 3.29. The van der Waals surface area contributed by atoms with Crippen molar-refractivity contribution in [3.05, 3.63) is 40.2 Å². The molecule has 33 heavy (non-hydrogen) atoms. The molecule has 0 radical (unpaired) electrons. The van der Waals surface area contributed by atoms with Crippen LogP contribution in [0.1, 0.15) is 14.5 Å². The Morgan fingerprint density at radius 2 is 1.79 bits per heavy atom. The van der Waals surface area contributed by atoms with Gasteiger partial charge in [0.2, 0.25) is 15.9 Å². The zero-order valence-corrected chi connectivity index (χ0v) is 20.0. The number of morpholine rings is 1. The molecule has 4 rings (SSSR count). The van der Waals surface area contributed by atoms with Crippen LogP contribution in [-0.4, -0.2) is 93.4 Å². The zero-order valence-electron chi connectivity index (χ0n) is 18.4. The van der Waals surface area contributed by atoms with E-state index in [1.54, 1.807) is 23.1 Å². The fourth-order valence-electron chi connectivity index (χ4n) is 3.74. The second kappa shape index (κ2) is 10.2. The molecule has 12 heteroatoms. The molecule has 10 nitrogen and oxygen atoms in total. The minimum absolute atomic E-state index is 0.0396. The lowest BCUT2D eigenvalue weighted by Crippen LogP contribution is -2.51. The maximum atomic E-state index is 12.7. The third-order valence-corrected chi connectivity index (χ3v) is 8.53. The smallest absolute Gasteiger partial charge is 0.261 e. The molecule has 2 aliphatic rings. The van der Waals surface area contributed by atoms with E-state index in [0.717, 1.165) is 4.88 Å². The molecular weight excluding hydrogens is 466 g/mol. The van der Waals surface area contributed by atoms with Crippen molar-refractivity contribution in [2.45, 2.75) is 11.8 Å². The van der Waals surface area contributed by atoms with Crippen molar-refractivity contribution in [3.63, 3.8) is 0 Å². The summed E-state index contributed by atoms with van der Waals surface area (Å²) in [6.45, 7) is 5.51. The van der Waals surface area contributed by atoms with E-state index in [1.807, 2.05) is 17.9 Å². The van der Waals surface area contributed by atoms with Gasteiger partial charge in [0.1, 0.15) is 10.7 Å². The number of nitrogens with zero attached hydrogens (tertiary/aromatic N) is 4. The first-order valence-electron chi connectivity index (χ1n) is 10.8. The fraction of sp³-hybridized carbons (Fsp3) is 0.476. The molecule has 2 fully saturated rings. The van der Waals surface area contributed by atoms with E-state index >= 15 is 0 Å². The monoisotopic (exact) mass is 493 g/mol. The summed E-state index contributed by atoms with van der Waals surface area (Å²) in [5.74, 6) is 0.303. The van der Waals surface area contributed by atoms with Crippen molar-refractivity contribution in [1.29, 1.82) is 0 Å². The summed E-state index contributed by atoms with van der Waals surface area (Å²) in [6.07, 6.45) is 1.39. The number of hydrogen-bond acceptors (Lipinski definition) is 8. The number of aromatic nitrogens is 1. The van der Waals surface area contributed by atoms with Gasteiger partial charge in [-0.1, -0.05) is 0 Å². The molecular formula is C21H27N5O5S2. The number of ether oxygens (including phenoxy) is 1. The van der Waals surface area contributed by atoms with Crippen molar-refractivity contribution >= 4 is 39.0 Å². The highest BCUT2D eigenvalue weighted by Crippen LogP contribution is 2.20. The Bertz CT molecular complexity index is 1090. The number of hydrogen-bond donors (Lipinski definition) is 1. The molecule has 4 heterocycles. The van der Waals surface area contributed by atoms with Gasteiger partial charge in [-0.05, 0) is 31.2 Å². The number of piperazine rings is 1. The van der Waals surface area contributed by atoms with Crippen LogP contribution in [0.5, 0.6) is 0 Å². The number of pyridine rings is 1. The van der Waals surface area contributed by atoms with Crippen LogP contribution in [0, 0.1) is 6.92 Å². The summed E-state index contributed by atoms with van der Waals surface area (Å²) >= 11 is 1.39. The number of nitrogens with one attached hydrogen (secondary N) is 1. The predicted molar refractivity (Wildman–Crippen MR) is 124 cm³/mol. The molecule has 0 bridgehead atoms. The number of anilines is 1. The Morgan fingerprint density at radius 3 is 2.39 bits per heavy atom. The van der Waals surface area contributed by atoms with Crippen LogP contribution in [0.3, 0.4) is 0 Å². The molecule has 2 aliphatic heterocycles. The minimum atomic E-state index is -3.58. The summed E-state index contributed by atoms with van der Waals surface area (Å²) < 4.78 is 32.1. The van der Waals surface area contributed by atoms with Crippen molar-refractivity contribution in [1.82, 2.24) is 19.5 Å². The van der Waals surface area contributed by atoms with Crippen LogP contribution in [0.4, 0.5) is 5.82 Å². The summed E-state index contributed by atoms with van der Waals surface area (Å²) in [7, 11) is -3.58. The lowest BCUT2D eigenvalue weighted by molar-refractivity contribution is -0.130. The normalized spacial score (nSPS) is 17.7. The maximum absolute atomic E-state index is 12.7. The second-order valence-electron chi connectivity index (χ2n) is 7.83. The Morgan fingerprint density at radius 1 is 1.06 bits per heavy atom. The Kier molecular flexibility index (Phi) is 7.27. The van der Waals surface area contributed by atoms with Gasteiger partial charge in [0.15, 0.2) is 0 Å². The van der Waals surface area contributed by atoms with Gasteiger partial charge < -0.3 is 19.9 Å². The summed E-state index contributed by atoms with van der Waals surface area (Å²) in [6, 6.07) is 6.91. The van der Waals surface area contributed by atoms with Crippen LogP contribution < -0.4 is 10.2 Å². The Balaban J connectivity index is 1.27. The molecule has 0 aromatic carbocycles. The molecule has 2 aromatic heterocycles. The highest BCUT2D eigenvalue weighted by atomic mass is 32.2. The Hall–Kier alpha value is -2.54. The van der Waals surface area contributed by atoms with Gasteiger partial charge in [-0.2, -0.15) is 4.31 Å². The summed E-state index contributed by atoms with van der Waals surface area (Å²) in [4.78, 5) is 34.5. The van der Waals surface area contributed by atoms with Gasteiger partial charge in [0, 0.05) is 50.3 Å². The van der Waals surface area contributed by atoms with E-state index < -0.39 is 10.0 Å². The van der Waals surface area contributed by atoms with Crippen molar-refractivity contribution in [3.8, 4) is 0 Å². The highest BCUT2D eigenvalue weighted by Gasteiger charge is 2.27. The first kappa shape index (κ1) is 23.6. The molecule has 2 aromatic rings. The molecule has 0 aliphatic carbocycles.